The normalized spacial score (nSPS) is 11.2. The van der Waals surface area contributed by atoms with E-state index in [0.717, 1.165) is 22.0 Å². The topological polar surface area (TPSA) is 75.7 Å². The number of carbonyl (C=O) groups excluding carboxylic acids is 1. The number of aromatic nitrogens is 1. The maximum absolute atomic E-state index is 15.4. The lowest BCUT2D eigenvalue weighted by Crippen LogP contribution is -2.09. The van der Waals surface area contributed by atoms with Crippen LogP contribution >= 0.6 is 0 Å². The number of nitrogens with zero attached hydrogens (tertiary/aromatic N) is 1. The minimum atomic E-state index is -0.339. The van der Waals surface area contributed by atoms with E-state index in [9.17, 15) is 4.79 Å². The summed E-state index contributed by atoms with van der Waals surface area (Å²) in [6, 6.07) is 16.9. The van der Waals surface area contributed by atoms with E-state index in [2.05, 4.69) is 24.5 Å². The molecule has 0 aliphatic carbocycles. The van der Waals surface area contributed by atoms with Gasteiger partial charge in [0.25, 0.3) is 0 Å². The molecule has 1 aromatic heterocycles. The minimum Gasteiger partial charge on any atom is -0.497 e. The van der Waals surface area contributed by atoms with Crippen molar-refractivity contribution in [3.05, 3.63) is 83.3 Å². The fourth-order valence-corrected chi connectivity index (χ4v) is 4.51. The molecule has 0 atom stereocenters. The highest BCUT2D eigenvalue weighted by atomic mass is 19.1. The van der Waals surface area contributed by atoms with Crippen LogP contribution in [0.1, 0.15) is 43.5 Å². The van der Waals surface area contributed by atoms with Gasteiger partial charge in [0.05, 0.1) is 20.1 Å². The predicted octanol–water partition coefficient (Wildman–Crippen LogP) is 6.18. The summed E-state index contributed by atoms with van der Waals surface area (Å²) in [6.45, 7) is 6.65. The van der Waals surface area contributed by atoms with E-state index in [-0.39, 0.29) is 37.4 Å². The summed E-state index contributed by atoms with van der Waals surface area (Å²) in [4.78, 5) is 12.2. The summed E-state index contributed by atoms with van der Waals surface area (Å²) < 4.78 is 34.2. The van der Waals surface area contributed by atoms with Gasteiger partial charge in [-0.05, 0) is 68.3 Å². The highest BCUT2D eigenvalue weighted by molar-refractivity contribution is 5.96. The predicted molar refractivity (Wildman–Crippen MR) is 143 cm³/mol. The number of ether oxygens (including phenoxy) is 3. The van der Waals surface area contributed by atoms with Gasteiger partial charge in [-0.25, -0.2) is 4.39 Å². The second kappa shape index (κ2) is 11.5. The number of halogens is 1. The molecule has 37 heavy (non-hydrogen) atoms. The van der Waals surface area contributed by atoms with E-state index in [4.69, 9.17) is 19.9 Å². The number of carbonyl (C=O) groups is 1. The van der Waals surface area contributed by atoms with Gasteiger partial charge in [-0.3, -0.25) is 4.79 Å². The zero-order valence-electron chi connectivity index (χ0n) is 21.7. The van der Waals surface area contributed by atoms with Crippen LogP contribution in [0.2, 0.25) is 0 Å². The van der Waals surface area contributed by atoms with E-state index < -0.39 is 0 Å². The van der Waals surface area contributed by atoms with Crippen molar-refractivity contribution in [3.63, 3.8) is 0 Å². The van der Waals surface area contributed by atoms with Crippen LogP contribution in [0.4, 0.5) is 4.39 Å². The quantitative estimate of drug-likeness (QED) is 0.261. The molecule has 0 aliphatic rings. The molecule has 0 amide bonds. The van der Waals surface area contributed by atoms with Crippen molar-refractivity contribution in [3.8, 4) is 22.6 Å². The lowest BCUT2D eigenvalue weighted by molar-refractivity contribution is -0.142. The van der Waals surface area contributed by atoms with E-state index in [1.165, 1.54) is 0 Å². The summed E-state index contributed by atoms with van der Waals surface area (Å²) in [6.07, 6.45) is 2.09. The van der Waals surface area contributed by atoms with Gasteiger partial charge in [0.2, 0.25) is 0 Å². The van der Waals surface area contributed by atoms with Crippen LogP contribution < -0.4 is 15.2 Å². The molecule has 2 N–H and O–H groups in total. The number of benzene rings is 3. The number of methoxy groups -OCH3 is 1. The van der Waals surface area contributed by atoms with Gasteiger partial charge >= 0.3 is 5.97 Å². The number of fused-ring (bicyclic) bond motifs is 1. The summed E-state index contributed by atoms with van der Waals surface area (Å²) in [5.41, 5.74) is 10.1. The SMILES string of the molecule is CCOC(=O)Cc1cc(OC)ccc1OCc1cc(-c2cccc(CN)c2F)c2ccn(C(C)C)c2c1. The molecule has 0 bridgehead atoms. The third-order valence-electron chi connectivity index (χ3n) is 6.35. The van der Waals surface area contributed by atoms with Crippen molar-refractivity contribution in [2.75, 3.05) is 13.7 Å². The lowest BCUT2D eigenvalue weighted by Gasteiger charge is -2.16. The molecule has 0 radical (unpaired) electrons. The first-order valence-electron chi connectivity index (χ1n) is 12.4. The molecule has 0 unspecified atom stereocenters. The van der Waals surface area contributed by atoms with E-state index >= 15 is 4.39 Å². The monoisotopic (exact) mass is 504 g/mol. The Morgan fingerprint density at radius 1 is 1.05 bits per heavy atom. The van der Waals surface area contributed by atoms with Gasteiger partial charge < -0.3 is 24.5 Å². The Morgan fingerprint density at radius 2 is 1.86 bits per heavy atom. The zero-order valence-corrected chi connectivity index (χ0v) is 21.7. The second-order valence-electron chi connectivity index (χ2n) is 9.12. The van der Waals surface area contributed by atoms with Crippen molar-refractivity contribution in [2.45, 2.75) is 46.4 Å². The Bertz CT molecular complexity index is 1410. The highest BCUT2D eigenvalue weighted by Gasteiger charge is 2.17. The zero-order chi connectivity index (χ0) is 26.5. The molecule has 0 saturated carbocycles. The highest BCUT2D eigenvalue weighted by Crippen LogP contribution is 2.35. The maximum atomic E-state index is 15.4. The third-order valence-corrected chi connectivity index (χ3v) is 6.35. The van der Waals surface area contributed by atoms with Crippen molar-refractivity contribution in [2.24, 2.45) is 5.73 Å². The number of nitrogens with two attached hydrogens (primary N) is 1. The fourth-order valence-electron chi connectivity index (χ4n) is 4.51. The maximum Gasteiger partial charge on any atom is 0.310 e. The van der Waals surface area contributed by atoms with Gasteiger partial charge in [-0.2, -0.15) is 0 Å². The van der Waals surface area contributed by atoms with E-state index in [0.29, 0.717) is 34.8 Å². The Kier molecular flexibility index (Phi) is 8.14. The van der Waals surface area contributed by atoms with E-state index in [1.807, 2.05) is 24.4 Å². The first-order chi connectivity index (χ1) is 17.9. The van der Waals surface area contributed by atoms with Crippen molar-refractivity contribution in [1.82, 2.24) is 4.57 Å². The summed E-state index contributed by atoms with van der Waals surface area (Å²) in [5.74, 6) is 0.536. The molecule has 0 aliphatic heterocycles. The molecular formula is C30H33FN2O4. The van der Waals surface area contributed by atoms with Crippen molar-refractivity contribution >= 4 is 16.9 Å². The molecule has 6 nitrogen and oxygen atoms in total. The Morgan fingerprint density at radius 3 is 2.57 bits per heavy atom. The number of esters is 1. The molecule has 4 aromatic rings. The minimum absolute atomic E-state index is 0.0674. The Hall–Kier alpha value is -3.84. The van der Waals surface area contributed by atoms with Crippen LogP contribution in [-0.2, 0) is 29.1 Å². The molecular weight excluding hydrogens is 471 g/mol. The number of hydrogen-bond acceptors (Lipinski definition) is 5. The van der Waals surface area contributed by atoms with Crippen LogP contribution in [0.5, 0.6) is 11.5 Å². The second-order valence-corrected chi connectivity index (χ2v) is 9.12. The number of hydrogen-bond donors (Lipinski definition) is 1. The molecule has 0 fully saturated rings. The molecule has 194 valence electrons. The molecule has 4 rings (SSSR count). The van der Waals surface area contributed by atoms with E-state index in [1.54, 1.807) is 44.4 Å². The van der Waals surface area contributed by atoms with Crippen LogP contribution in [0.25, 0.3) is 22.0 Å². The van der Waals surface area contributed by atoms with Crippen LogP contribution in [0.3, 0.4) is 0 Å². The first kappa shape index (κ1) is 26.2. The largest absolute Gasteiger partial charge is 0.497 e. The average molecular weight is 505 g/mol. The van der Waals surface area contributed by atoms with Gasteiger partial charge in [-0.1, -0.05) is 18.2 Å². The molecule has 3 aromatic carbocycles. The van der Waals surface area contributed by atoms with Crippen LogP contribution in [0.15, 0.2) is 60.8 Å². The smallest absolute Gasteiger partial charge is 0.310 e. The van der Waals surface area contributed by atoms with Gasteiger partial charge in [0, 0.05) is 46.4 Å². The average Bonchev–Trinajstić information content (AvgIpc) is 3.32. The van der Waals surface area contributed by atoms with Gasteiger partial charge in [-0.15, -0.1) is 0 Å². The summed E-state index contributed by atoms with van der Waals surface area (Å²) >= 11 is 0. The van der Waals surface area contributed by atoms with Crippen LogP contribution in [0, 0.1) is 5.82 Å². The number of rotatable bonds is 10. The summed E-state index contributed by atoms with van der Waals surface area (Å²) in [7, 11) is 1.57. The molecule has 0 spiro atoms. The first-order valence-corrected chi connectivity index (χ1v) is 12.4. The summed E-state index contributed by atoms with van der Waals surface area (Å²) in [5, 5.41) is 0.956. The third kappa shape index (κ3) is 5.62. The van der Waals surface area contributed by atoms with Gasteiger partial charge in [0.1, 0.15) is 23.9 Å². The molecule has 1 heterocycles. The van der Waals surface area contributed by atoms with Crippen molar-refractivity contribution in [1.29, 1.82) is 0 Å². The van der Waals surface area contributed by atoms with Crippen LogP contribution in [-0.4, -0.2) is 24.3 Å². The Labute approximate surface area is 216 Å². The lowest BCUT2D eigenvalue weighted by atomic mass is 9.96. The standard InChI is InChI=1S/C30H33FN2O4/c1-5-36-29(34)16-22-15-23(35-4)9-10-28(22)37-18-20-13-26(25-8-6-7-21(17-32)30(25)31)24-11-12-33(19(2)3)27(24)14-20/h6-15,19H,5,16-18,32H2,1-4H3. The fraction of sp³-hybridized carbons (Fsp3) is 0.300. The Balaban J connectivity index is 1.75. The van der Waals surface area contributed by atoms with Crippen molar-refractivity contribution < 1.29 is 23.4 Å². The van der Waals surface area contributed by atoms with Gasteiger partial charge in [0.15, 0.2) is 0 Å². The molecule has 0 saturated heterocycles. The molecule has 7 heteroatoms.